The van der Waals surface area contributed by atoms with Gasteiger partial charge >= 0.3 is 0 Å². The molecule has 3 heteroatoms. The van der Waals surface area contributed by atoms with Gasteiger partial charge in [-0.1, -0.05) is 12.1 Å². The van der Waals surface area contributed by atoms with Gasteiger partial charge in [-0.25, -0.2) is 0 Å². The number of hydrogen-bond donors (Lipinski definition) is 1. The zero-order valence-electron chi connectivity index (χ0n) is 5.33. The second kappa shape index (κ2) is 2.09. The molecule has 0 saturated carbocycles. The van der Waals surface area contributed by atoms with Gasteiger partial charge in [0.1, 0.15) is 0 Å². The van der Waals surface area contributed by atoms with Crippen LogP contribution in [0.15, 0.2) is 29.2 Å². The van der Waals surface area contributed by atoms with Gasteiger partial charge in [0.25, 0.3) is 0 Å². The summed E-state index contributed by atoms with van der Waals surface area (Å²) in [4.78, 5) is 0.933. The Bertz CT molecular complexity index is 290. The molecule has 0 amide bonds. The second-order valence-corrected chi connectivity index (χ2v) is 3.58. The lowest BCUT2D eigenvalue weighted by molar-refractivity contribution is 0.686. The van der Waals surface area contributed by atoms with E-state index >= 15 is 0 Å². The summed E-state index contributed by atoms with van der Waals surface area (Å²) in [6.45, 7) is 0. The molecule has 0 aliphatic carbocycles. The van der Waals surface area contributed by atoms with Crippen molar-refractivity contribution in [2.45, 2.75) is 4.90 Å². The third-order valence-corrected chi connectivity index (χ3v) is 2.78. The highest BCUT2D eigenvalue weighted by Crippen LogP contribution is 2.24. The number of fused-ring (bicyclic) bond motifs is 1. The van der Waals surface area contributed by atoms with Crippen LogP contribution in [0.4, 0.5) is 5.69 Å². The van der Waals surface area contributed by atoms with Gasteiger partial charge < -0.3 is 5.32 Å². The first-order valence-electron chi connectivity index (χ1n) is 3.09. The molecule has 1 unspecified atom stereocenters. The largest absolute Gasteiger partial charge is 0.372 e. The van der Waals surface area contributed by atoms with E-state index in [1.807, 2.05) is 24.3 Å². The standard InChI is InChI=1S/C7H7NOS.H2/c9-10-5-8-6-3-1-2-4-7(6)10;/h1-4,8H,5H2;1H. The lowest BCUT2D eigenvalue weighted by atomic mass is 10.3. The molecule has 1 atom stereocenters. The van der Waals surface area contributed by atoms with E-state index in [4.69, 9.17) is 0 Å². The van der Waals surface area contributed by atoms with E-state index < -0.39 is 10.8 Å². The van der Waals surface area contributed by atoms with Crippen LogP contribution in [0.2, 0.25) is 0 Å². The summed E-state index contributed by atoms with van der Waals surface area (Å²) in [7, 11) is -0.809. The first-order valence-corrected chi connectivity index (χ1v) is 4.41. The monoisotopic (exact) mass is 155 g/mol. The molecule has 54 valence electrons. The lowest BCUT2D eigenvalue weighted by Gasteiger charge is -1.92. The van der Waals surface area contributed by atoms with Gasteiger partial charge in [0.2, 0.25) is 0 Å². The molecule has 2 nitrogen and oxygen atoms in total. The number of anilines is 1. The van der Waals surface area contributed by atoms with Gasteiger partial charge in [-0.15, -0.1) is 0 Å². The minimum atomic E-state index is -0.809. The van der Waals surface area contributed by atoms with Crippen LogP contribution in [0.1, 0.15) is 1.43 Å². The molecule has 1 aromatic rings. The molecule has 0 aromatic heterocycles. The van der Waals surface area contributed by atoms with Crippen LogP contribution in [0.3, 0.4) is 0 Å². The summed E-state index contributed by atoms with van der Waals surface area (Å²) < 4.78 is 11.1. The highest BCUT2D eigenvalue weighted by atomic mass is 32.2. The van der Waals surface area contributed by atoms with Crippen molar-refractivity contribution in [3.8, 4) is 0 Å². The molecule has 1 aliphatic rings. The van der Waals surface area contributed by atoms with Crippen LogP contribution in [-0.2, 0) is 10.8 Å². The highest BCUT2D eigenvalue weighted by molar-refractivity contribution is 7.85. The Balaban J connectivity index is 0.000000605. The average Bonchev–Trinajstić information content (AvgIpc) is 2.34. The fraction of sp³-hybridized carbons (Fsp3) is 0.143. The van der Waals surface area contributed by atoms with E-state index in [0.29, 0.717) is 5.88 Å². The summed E-state index contributed by atoms with van der Waals surface area (Å²) in [6.07, 6.45) is 0. The van der Waals surface area contributed by atoms with Gasteiger partial charge in [-0.3, -0.25) is 4.21 Å². The van der Waals surface area contributed by atoms with Gasteiger partial charge in [0.15, 0.2) is 0 Å². The van der Waals surface area contributed by atoms with Crippen molar-refractivity contribution in [3.05, 3.63) is 24.3 Å². The smallest absolute Gasteiger partial charge is 0.0959 e. The van der Waals surface area contributed by atoms with Crippen LogP contribution < -0.4 is 5.32 Å². The van der Waals surface area contributed by atoms with Crippen LogP contribution in [0.5, 0.6) is 0 Å². The minimum Gasteiger partial charge on any atom is -0.372 e. The summed E-state index contributed by atoms with van der Waals surface area (Å²) in [5.41, 5.74) is 1.01. The zero-order chi connectivity index (χ0) is 6.97. The van der Waals surface area contributed by atoms with Crippen LogP contribution in [0.25, 0.3) is 0 Å². The molecule has 10 heavy (non-hydrogen) atoms. The Labute approximate surface area is 63.2 Å². The molecule has 1 N–H and O–H groups in total. The molecule has 0 radical (unpaired) electrons. The SMILES string of the molecule is O=S1CNc2ccccc21.[HH]. The van der Waals surface area contributed by atoms with Gasteiger partial charge in [-0.05, 0) is 12.1 Å². The Morgan fingerprint density at radius 1 is 1.50 bits per heavy atom. The summed E-state index contributed by atoms with van der Waals surface area (Å²) >= 11 is 0. The predicted molar refractivity (Wildman–Crippen MR) is 43.5 cm³/mol. The van der Waals surface area contributed by atoms with Crippen molar-refractivity contribution < 1.29 is 5.64 Å². The lowest BCUT2D eigenvalue weighted by Crippen LogP contribution is -1.94. The number of hydrogen-bond acceptors (Lipinski definition) is 2. The molecule has 2 rings (SSSR count). The number of benzene rings is 1. The minimum absolute atomic E-state index is 0. The third-order valence-electron chi connectivity index (χ3n) is 1.53. The number of nitrogens with one attached hydrogen (secondary N) is 1. The van der Waals surface area contributed by atoms with E-state index in [-0.39, 0.29) is 1.43 Å². The Hall–Kier alpha value is -0.830. The first kappa shape index (κ1) is 5.92. The molecule has 0 saturated heterocycles. The molecule has 0 spiro atoms. The van der Waals surface area contributed by atoms with Crippen molar-refractivity contribution in [1.82, 2.24) is 0 Å². The molecule has 0 bridgehead atoms. The van der Waals surface area contributed by atoms with E-state index in [1.54, 1.807) is 0 Å². The Morgan fingerprint density at radius 2 is 2.30 bits per heavy atom. The van der Waals surface area contributed by atoms with Crippen molar-refractivity contribution >= 4 is 16.5 Å². The predicted octanol–water partition coefficient (Wildman–Crippen LogP) is 1.42. The van der Waals surface area contributed by atoms with Crippen molar-refractivity contribution in [2.24, 2.45) is 0 Å². The average molecular weight is 155 g/mol. The number of rotatable bonds is 0. The zero-order valence-corrected chi connectivity index (χ0v) is 6.15. The molecule has 1 heterocycles. The van der Waals surface area contributed by atoms with E-state index in [1.165, 1.54) is 0 Å². The van der Waals surface area contributed by atoms with E-state index in [9.17, 15) is 4.21 Å². The second-order valence-electron chi connectivity index (χ2n) is 2.16. The maximum absolute atomic E-state index is 11.1. The normalized spacial score (nSPS) is 21.8. The molecule has 1 aliphatic heterocycles. The fourth-order valence-corrected chi connectivity index (χ4v) is 2.09. The summed E-state index contributed by atoms with van der Waals surface area (Å²) in [5, 5.41) is 3.05. The van der Waals surface area contributed by atoms with Crippen molar-refractivity contribution in [2.75, 3.05) is 11.2 Å². The first-order chi connectivity index (χ1) is 4.88. The third kappa shape index (κ3) is 0.743. The van der Waals surface area contributed by atoms with Gasteiger partial charge in [0, 0.05) is 1.43 Å². The number of para-hydroxylation sites is 1. The van der Waals surface area contributed by atoms with E-state index in [2.05, 4.69) is 5.32 Å². The molecule has 1 aromatic carbocycles. The molecular formula is C7H9NOS. The topological polar surface area (TPSA) is 29.1 Å². The van der Waals surface area contributed by atoms with Gasteiger partial charge in [-0.2, -0.15) is 0 Å². The summed E-state index contributed by atoms with van der Waals surface area (Å²) in [6, 6.07) is 7.68. The molecule has 0 fully saturated rings. The van der Waals surface area contributed by atoms with Crippen LogP contribution >= 0.6 is 0 Å². The Kier molecular flexibility index (Phi) is 1.24. The van der Waals surface area contributed by atoms with Crippen molar-refractivity contribution in [3.63, 3.8) is 0 Å². The Morgan fingerprint density at radius 3 is 3.10 bits per heavy atom. The van der Waals surface area contributed by atoms with Gasteiger partial charge in [0.05, 0.1) is 27.3 Å². The maximum Gasteiger partial charge on any atom is 0.0959 e. The fourth-order valence-electron chi connectivity index (χ4n) is 1.03. The summed E-state index contributed by atoms with van der Waals surface area (Å²) in [5.74, 6) is 0.569. The van der Waals surface area contributed by atoms with Crippen LogP contribution in [0, 0.1) is 0 Å². The molecular weight excluding hydrogens is 146 g/mol. The van der Waals surface area contributed by atoms with Crippen LogP contribution in [-0.4, -0.2) is 10.1 Å². The quantitative estimate of drug-likeness (QED) is 0.614. The maximum atomic E-state index is 11.1. The highest BCUT2D eigenvalue weighted by Gasteiger charge is 2.14. The van der Waals surface area contributed by atoms with Crippen molar-refractivity contribution in [1.29, 1.82) is 0 Å². The van der Waals surface area contributed by atoms with E-state index in [0.717, 1.165) is 10.6 Å².